The minimum atomic E-state index is -3.68. The molecule has 0 aromatic carbocycles. The molecule has 1 aliphatic rings. The van der Waals surface area contributed by atoms with Crippen molar-refractivity contribution in [1.29, 1.82) is 0 Å². The molecule has 2 atom stereocenters. The lowest BCUT2D eigenvalue weighted by atomic mass is 10.0. The number of pyridine rings is 1. The van der Waals surface area contributed by atoms with Gasteiger partial charge in [0.2, 0.25) is 10.0 Å². The average molecular weight is 291 g/mol. The van der Waals surface area contributed by atoms with E-state index >= 15 is 0 Å². The molecule has 1 fully saturated rings. The Labute approximate surface area is 111 Å². The molecule has 0 spiro atoms. The molecule has 0 amide bonds. The van der Waals surface area contributed by atoms with Crippen LogP contribution in [0.2, 0.25) is 5.15 Å². The second-order valence-electron chi connectivity index (χ2n) is 4.42. The van der Waals surface area contributed by atoms with Crippen LogP contribution >= 0.6 is 11.6 Å². The minimum Gasteiger partial charge on any atom is -0.395 e. The van der Waals surface area contributed by atoms with Crippen molar-refractivity contribution in [3.05, 3.63) is 23.5 Å². The van der Waals surface area contributed by atoms with Gasteiger partial charge in [-0.3, -0.25) is 0 Å². The molecule has 18 heavy (non-hydrogen) atoms. The Morgan fingerprint density at radius 2 is 2.33 bits per heavy atom. The molecule has 0 radical (unpaired) electrons. The topological polar surface area (TPSA) is 70.5 Å². The Kier molecular flexibility index (Phi) is 3.91. The first-order chi connectivity index (χ1) is 8.48. The van der Waals surface area contributed by atoms with Crippen molar-refractivity contribution in [2.75, 3.05) is 13.2 Å². The van der Waals surface area contributed by atoms with Crippen LogP contribution in [0.5, 0.6) is 0 Å². The molecule has 2 unspecified atom stereocenters. The van der Waals surface area contributed by atoms with Crippen LogP contribution < -0.4 is 0 Å². The number of hydrogen-bond acceptors (Lipinski definition) is 4. The summed E-state index contributed by atoms with van der Waals surface area (Å²) in [5.74, 6) is 0.139. The number of aliphatic hydroxyl groups is 1. The largest absolute Gasteiger partial charge is 0.395 e. The Morgan fingerprint density at radius 1 is 1.61 bits per heavy atom. The normalized spacial score (nSPS) is 25.5. The highest BCUT2D eigenvalue weighted by Crippen LogP contribution is 2.31. The molecule has 2 rings (SSSR count). The van der Waals surface area contributed by atoms with Gasteiger partial charge >= 0.3 is 0 Å². The van der Waals surface area contributed by atoms with E-state index in [1.54, 1.807) is 0 Å². The third kappa shape index (κ3) is 2.25. The van der Waals surface area contributed by atoms with E-state index in [-0.39, 0.29) is 28.6 Å². The molecule has 0 saturated carbocycles. The van der Waals surface area contributed by atoms with Crippen LogP contribution in [0.4, 0.5) is 0 Å². The van der Waals surface area contributed by atoms with E-state index in [0.29, 0.717) is 6.54 Å². The summed E-state index contributed by atoms with van der Waals surface area (Å²) in [6, 6.07) is 2.58. The highest BCUT2D eigenvalue weighted by Gasteiger charge is 2.40. The summed E-state index contributed by atoms with van der Waals surface area (Å²) in [5.41, 5.74) is 0. The van der Waals surface area contributed by atoms with E-state index in [4.69, 9.17) is 11.6 Å². The maximum atomic E-state index is 12.5. The van der Waals surface area contributed by atoms with Crippen LogP contribution in [-0.2, 0) is 10.0 Å². The Morgan fingerprint density at radius 3 is 2.94 bits per heavy atom. The van der Waals surface area contributed by atoms with Crippen molar-refractivity contribution < 1.29 is 13.5 Å². The van der Waals surface area contributed by atoms with E-state index in [1.807, 2.05) is 6.92 Å². The monoisotopic (exact) mass is 290 g/mol. The smallest absolute Gasteiger partial charge is 0.246 e. The third-order valence-corrected chi connectivity index (χ3v) is 5.70. The summed E-state index contributed by atoms with van der Waals surface area (Å²) < 4.78 is 26.2. The number of hydrogen-bond donors (Lipinski definition) is 1. The Bertz CT molecular complexity index is 535. The predicted molar refractivity (Wildman–Crippen MR) is 67.8 cm³/mol. The molecule has 1 aromatic heterocycles. The van der Waals surface area contributed by atoms with E-state index in [1.165, 1.54) is 22.6 Å². The molecule has 1 aliphatic heterocycles. The fourth-order valence-electron chi connectivity index (χ4n) is 2.23. The number of aromatic nitrogens is 1. The van der Waals surface area contributed by atoms with Crippen LogP contribution in [0.15, 0.2) is 23.2 Å². The summed E-state index contributed by atoms with van der Waals surface area (Å²) >= 11 is 5.84. The van der Waals surface area contributed by atoms with Gasteiger partial charge in [0, 0.05) is 12.7 Å². The van der Waals surface area contributed by atoms with Crippen molar-refractivity contribution in [3.8, 4) is 0 Å². The van der Waals surface area contributed by atoms with Gasteiger partial charge in [0.15, 0.2) is 0 Å². The van der Waals surface area contributed by atoms with Gasteiger partial charge < -0.3 is 5.11 Å². The zero-order valence-corrected chi connectivity index (χ0v) is 11.5. The Balaban J connectivity index is 2.41. The average Bonchev–Trinajstić information content (AvgIpc) is 2.71. The lowest BCUT2D eigenvalue weighted by molar-refractivity contribution is 0.191. The van der Waals surface area contributed by atoms with Gasteiger partial charge in [-0.15, -0.1) is 0 Å². The van der Waals surface area contributed by atoms with Gasteiger partial charge in [-0.1, -0.05) is 18.5 Å². The van der Waals surface area contributed by atoms with Crippen molar-refractivity contribution in [3.63, 3.8) is 0 Å². The van der Waals surface area contributed by atoms with Crippen LogP contribution in [-0.4, -0.2) is 42.0 Å². The van der Waals surface area contributed by atoms with E-state index in [2.05, 4.69) is 4.98 Å². The molecule has 0 bridgehead atoms. The van der Waals surface area contributed by atoms with Crippen molar-refractivity contribution in [2.45, 2.75) is 24.3 Å². The Hall–Kier alpha value is -0.690. The van der Waals surface area contributed by atoms with E-state index < -0.39 is 10.0 Å². The van der Waals surface area contributed by atoms with Crippen molar-refractivity contribution in [2.24, 2.45) is 5.92 Å². The van der Waals surface area contributed by atoms with Crippen LogP contribution in [0, 0.1) is 5.92 Å². The van der Waals surface area contributed by atoms with Crippen molar-refractivity contribution in [1.82, 2.24) is 9.29 Å². The molecule has 1 saturated heterocycles. The zero-order chi connectivity index (χ0) is 13.3. The van der Waals surface area contributed by atoms with Crippen LogP contribution in [0.1, 0.15) is 13.3 Å². The zero-order valence-electron chi connectivity index (χ0n) is 9.95. The molecular weight excluding hydrogens is 276 g/mol. The summed E-state index contributed by atoms with van der Waals surface area (Å²) in [6.07, 6.45) is 2.18. The van der Waals surface area contributed by atoms with Gasteiger partial charge in [-0.2, -0.15) is 4.31 Å². The molecule has 7 heteroatoms. The van der Waals surface area contributed by atoms with Gasteiger partial charge in [-0.05, 0) is 24.5 Å². The number of sulfonamides is 1. The van der Waals surface area contributed by atoms with Gasteiger partial charge in [-0.25, -0.2) is 13.4 Å². The molecule has 1 N–H and O–H groups in total. The summed E-state index contributed by atoms with van der Waals surface area (Å²) in [5, 5.41) is 9.30. The molecule has 2 heterocycles. The highest BCUT2D eigenvalue weighted by atomic mass is 35.5. The van der Waals surface area contributed by atoms with Crippen molar-refractivity contribution >= 4 is 21.6 Å². The fraction of sp³-hybridized carbons (Fsp3) is 0.545. The first-order valence-electron chi connectivity index (χ1n) is 5.71. The first-order valence-corrected chi connectivity index (χ1v) is 7.53. The number of aliphatic hydroxyl groups excluding tert-OH is 1. The summed E-state index contributed by atoms with van der Waals surface area (Å²) in [7, 11) is -3.68. The first kappa shape index (κ1) is 13.7. The van der Waals surface area contributed by atoms with E-state index in [9.17, 15) is 13.5 Å². The lowest BCUT2D eigenvalue weighted by Gasteiger charge is -2.24. The highest BCUT2D eigenvalue weighted by molar-refractivity contribution is 7.89. The number of nitrogens with zero attached hydrogens (tertiary/aromatic N) is 2. The maximum Gasteiger partial charge on any atom is 0.246 e. The number of rotatable bonds is 3. The molecule has 1 aromatic rings. The SMILES string of the molecule is CC1CCN(S(=O)(=O)c2cccnc2Cl)C1CO. The molecular formula is C11H15ClN2O3S. The van der Waals surface area contributed by atoms with Gasteiger partial charge in [0.25, 0.3) is 0 Å². The third-order valence-electron chi connectivity index (χ3n) is 3.33. The van der Waals surface area contributed by atoms with Gasteiger partial charge in [0.05, 0.1) is 12.6 Å². The lowest BCUT2D eigenvalue weighted by Crippen LogP contribution is -2.39. The molecule has 5 nitrogen and oxygen atoms in total. The summed E-state index contributed by atoms with van der Waals surface area (Å²) in [4.78, 5) is 3.78. The summed E-state index contributed by atoms with van der Waals surface area (Å²) in [6.45, 7) is 2.15. The molecule has 100 valence electrons. The van der Waals surface area contributed by atoms with Crippen LogP contribution in [0.25, 0.3) is 0 Å². The fourth-order valence-corrected chi connectivity index (χ4v) is 4.39. The van der Waals surface area contributed by atoms with Gasteiger partial charge in [0.1, 0.15) is 10.0 Å². The minimum absolute atomic E-state index is 0.000725. The second-order valence-corrected chi connectivity index (χ2v) is 6.64. The van der Waals surface area contributed by atoms with E-state index in [0.717, 1.165) is 6.42 Å². The standard InChI is InChI=1S/C11H15ClN2O3S/c1-8-4-6-14(9(8)7-15)18(16,17)10-3-2-5-13-11(10)12/h2-3,5,8-9,15H,4,6-7H2,1H3. The number of halogens is 1. The predicted octanol–water partition coefficient (Wildman–Crippen LogP) is 1.13. The quantitative estimate of drug-likeness (QED) is 0.847. The molecule has 0 aliphatic carbocycles. The van der Waals surface area contributed by atoms with Crippen LogP contribution in [0.3, 0.4) is 0 Å². The second kappa shape index (κ2) is 5.13. The maximum absolute atomic E-state index is 12.5.